The van der Waals surface area contributed by atoms with Gasteiger partial charge >= 0.3 is 12.1 Å². The van der Waals surface area contributed by atoms with Crippen LogP contribution in [0.2, 0.25) is 0 Å². The smallest absolute Gasteiger partial charge is 0.396 e. The quantitative estimate of drug-likeness (QED) is 0.765. The van der Waals surface area contributed by atoms with E-state index in [9.17, 15) is 18.0 Å². The summed E-state index contributed by atoms with van der Waals surface area (Å²) in [6.07, 6.45) is -5.15. The zero-order valence-corrected chi connectivity index (χ0v) is 9.54. The lowest BCUT2D eigenvalue weighted by Crippen LogP contribution is -2.24. The Kier molecular flexibility index (Phi) is 4.15. The highest BCUT2D eigenvalue weighted by Crippen LogP contribution is 2.38. The van der Waals surface area contributed by atoms with Gasteiger partial charge in [0.15, 0.2) is 0 Å². The van der Waals surface area contributed by atoms with Crippen LogP contribution < -0.4 is 0 Å². The molecule has 0 amide bonds. The van der Waals surface area contributed by atoms with E-state index in [1.807, 2.05) is 0 Å². The van der Waals surface area contributed by atoms with E-state index < -0.39 is 24.5 Å². The van der Waals surface area contributed by atoms with Crippen LogP contribution in [0, 0.1) is 6.92 Å². The average molecular weight is 246 g/mol. The summed E-state index contributed by atoms with van der Waals surface area (Å²) in [6.45, 7) is 1.59. The van der Waals surface area contributed by atoms with Crippen LogP contribution in [0.25, 0.3) is 0 Å². The Bertz CT molecular complexity index is 399. The molecule has 0 spiro atoms. The first-order valence-corrected chi connectivity index (χ1v) is 5.05. The molecule has 0 aliphatic carbocycles. The molecule has 1 rings (SSSR count). The summed E-state index contributed by atoms with van der Waals surface area (Å²) in [7, 11) is 1.08. The van der Waals surface area contributed by atoms with Gasteiger partial charge in [-0.1, -0.05) is 24.3 Å². The minimum Gasteiger partial charge on any atom is -0.469 e. The van der Waals surface area contributed by atoms with Crippen molar-refractivity contribution in [1.29, 1.82) is 0 Å². The number of alkyl halides is 3. The van der Waals surface area contributed by atoms with Crippen LogP contribution >= 0.6 is 0 Å². The van der Waals surface area contributed by atoms with Gasteiger partial charge in [-0.25, -0.2) is 0 Å². The van der Waals surface area contributed by atoms with Gasteiger partial charge in [0.25, 0.3) is 0 Å². The SMILES string of the molecule is COC(=O)CC(c1ccccc1C)C(F)(F)F. The molecule has 1 aromatic rings. The molecule has 0 heterocycles. The Hall–Kier alpha value is -1.52. The number of carbonyl (C=O) groups excluding carboxylic acids is 1. The zero-order valence-electron chi connectivity index (χ0n) is 9.54. The van der Waals surface area contributed by atoms with Crippen molar-refractivity contribution in [3.05, 3.63) is 35.4 Å². The molecule has 0 saturated carbocycles. The molecule has 1 atom stereocenters. The molecule has 0 aliphatic heterocycles. The van der Waals surface area contributed by atoms with Crippen molar-refractivity contribution in [2.24, 2.45) is 0 Å². The minimum atomic E-state index is -4.46. The van der Waals surface area contributed by atoms with Crippen molar-refractivity contribution >= 4 is 5.97 Å². The second-order valence-corrected chi connectivity index (χ2v) is 3.73. The molecule has 1 aromatic carbocycles. The largest absolute Gasteiger partial charge is 0.469 e. The fourth-order valence-corrected chi connectivity index (χ4v) is 1.63. The molecule has 2 nitrogen and oxygen atoms in total. The first kappa shape index (κ1) is 13.5. The lowest BCUT2D eigenvalue weighted by Gasteiger charge is -2.21. The normalized spacial score (nSPS) is 13.2. The Labute approximate surface area is 97.4 Å². The summed E-state index contributed by atoms with van der Waals surface area (Å²) < 4.78 is 42.9. The summed E-state index contributed by atoms with van der Waals surface area (Å²) in [5.41, 5.74) is 0.629. The number of hydrogen-bond acceptors (Lipinski definition) is 2. The van der Waals surface area contributed by atoms with Crippen LogP contribution in [0.5, 0.6) is 0 Å². The summed E-state index contributed by atoms with van der Waals surface area (Å²) in [5, 5.41) is 0. The number of halogens is 3. The zero-order chi connectivity index (χ0) is 13.1. The minimum absolute atomic E-state index is 0.116. The van der Waals surface area contributed by atoms with Crippen LogP contribution in [0.4, 0.5) is 13.2 Å². The summed E-state index contributed by atoms with van der Waals surface area (Å²) in [5.74, 6) is -2.67. The molecule has 1 unspecified atom stereocenters. The number of ether oxygens (including phenoxy) is 1. The van der Waals surface area contributed by atoms with E-state index in [1.165, 1.54) is 12.1 Å². The molecule has 0 aliphatic rings. The molecule has 0 N–H and O–H groups in total. The molecule has 94 valence electrons. The van der Waals surface area contributed by atoms with Gasteiger partial charge in [0.2, 0.25) is 0 Å². The van der Waals surface area contributed by atoms with Gasteiger partial charge in [-0.3, -0.25) is 4.79 Å². The van der Waals surface area contributed by atoms with Crippen molar-refractivity contribution in [3.8, 4) is 0 Å². The molecule has 0 aromatic heterocycles. The van der Waals surface area contributed by atoms with E-state index in [4.69, 9.17) is 0 Å². The maximum absolute atomic E-state index is 12.9. The maximum Gasteiger partial charge on any atom is 0.396 e. The van der Waals surface area contributed by atoms with Crippen molar-refractivity contribution in [2.75, 3.05) is 7.11 Å². The molecular weight excluding hydrogens is 233 g/mol. The highest BCUT2D eigenvalue weighted by molar-refractivity contribution is 5.70. The number of methoxy groups -OCH3 is 1. The van der Waals surface area contributed by atoms with E-state index in [1.54, 1.807) is 19.1 Å². The van der Waals surface area contributed by atoms with Crippen LogP contribution in [0.15, 0.2) is 24.3 Å². The number of benzene rings is 1. The fraction of sp³-hybridized carbons (Fsp3) is 0.417. The van der Waals surface area contributed by atoms with E-state index in [2.05, 4.69) is 4.74 Å². The standard InChI is InChI=1S/C12H13F3O2/c1-8-5-3-4-6-9(8)10(12(13,14)15)7-11(16)17-2/h3-6,10H,7H2,1-2H3. The lowest BCUT2D eigenvalue weighted by atomic mass is 9.91. The molecule has 5 heteroatoms. The van der Waals surface area contributed by atoms with Crippen molar-refractivity contribution in [1.82, 2.24) is 0 Å². The fourth-order valence-electron chi connectivity index (χ4n) is 1.63. The molecular formula is C12H13F3O2. The first-order valence-electron chi connectivity index (χ1n) is 5.05. The third-order valence-corrected chi connectivity index (χ3v) is 2.56. The van der Waals surface area contributed by atoms with Gasteiger partial charge in [0.05, 0.1) is 19.4 Å². The summed E-state index contributed by atoms with van der Waals surface area (Å²) >= 11 is 0. The van der Waals surface area contributed by atoms with E-state index in [0.29, 0.717) is 5.56 Å². The van der Waals surface area contributed by atoms with E-state index in [-0.39, 0.29) is 5.56 Å². The van der Waals surface area contributed by atoms with Crippen molar-refractivity contribution in [3.63, 3.8) is 0 Å². The van der Waals surface area contributed by atoms with Gasteiger partial charge in [-0.15, -0.1) is 0 Å². The van der Waals surface area contributed by atoms with Crippen LogP contribution in [0.3, 0.4) is 0 Å². The second-order valence-electron chi connectivity index (χ2n) is 3.73. The molecule has 0 saturated heterocycles. The Morgan fingerprint density at radius 3 is 2.41 bits per heavy atom. The molecule has 0 radical (unpaired) electrons. The van der Waals surface area contributed by atoms with Gasteiger partial charge < -0.3 is 4.74 Å². The predicted octanol–water partition coefficient (Wildman–Crippen LogP) is 3.20. The number of esters is 1. The summed E-state index contributed by atoms with van der Waals surface area (Å²) in [6, 6.07) is 6.16. The number of rotatable bonds is 3. The number of hydrogen-bond donors (Lipinski definition) is 0. The first-order chi connectivity index (χ1) is 7.86. The van der Waals surface area contributed by atoms with E-state index in [0.717, 1.165) is 7.11 Å². The van der Waals surface area contributed by atoms with Gasteiger partial charge in [-0.05, 0) is 18.1 Å². The van der Waals surface area contributed by atoms with Crippen LogP contribution in [0.1, 0.15) is 23.5 Å². The maximum atomic E-state index is 12.9. The lowest BCUT2D eigenvalue weighted by molar-refractivity contribution is -0.165. The van der Waals surface area contributed by atoms with Gasteiger partial charge in [0, 0.05) is 0 Å². The van der Waals surface area contributed by atoms with E-state index >= 15 is 0 Å². The van der Waals surface area contributed by atoms with Crippen LogP contribution in [-0.2, 0) is 9.53 Å². The number of aryl methyl sites for hydroxylation is 1. The Morgan fingerprint density at radius 2 is 1.94 bits per heavy atom. The Morgan fingerprint density at radius 1 is 1.35 bits per heavy atom. The third-order valence-electron chi connectivity index (χ3n) is 2.56. The molecule has 0 fully saturated rings. The molecule has 0 bridgehead atoms. The monoisotopic (exact) mass is 246 g/mol. The van der Waals surface area contributed by atoms with Crippen molar-refractivity contribution in [2.45, 2.75) is 25.4 Å². The van der Waals surface area contributed by atoms with Crippen molar-refractivity contribution < 1.29 is 22.7 Å². The van der Waals surface area contributed by atoms with Gasteiger partial charge in [0.1, 0.15) is 0 Å². The van der Waals surface area contributed by atoms with Crippen LogP contribution in [-0.4, -0.2) is 19.3 Å². The second kappa shape index (κ2) is 5.21. The number of carbonyl (C=O) groups is 1. The molecule has 17 heavy (non-hydrogen) atoms. The highest BCUT2D eigenvalue weighted by Gasteiger charge is 2.42. The average Bonchev–Trinajstić information content (AvgIpc) is 2.25. The summed E-state index contributed by atoms with van der Waals surface area (Å²) in [4.78, 5) is 11.0. The highest BCUT2D eigenvalue weighted by atomic mass is 19.4. The predicted molar refractivity (Wildman–Crippen MR) is 56.6 cm³/mol. The third kappa shape index (κ3) is 3.47. The topological polar surface area (TPSA) is 26.3 Å². The van der Waals surface area contributed by atoms with Gasteiger partial charge in [-0.2, -0.15) is 13.2 Å². The Balaban J connectivity index is 3.07.